The van der Waals surface area contributed by atoms with Gasteiger partial charge in [-0.15, -0.1) is 0 Å². The molecule has 1 atom stereocenters. The Hall–Kier alpha value is -3.61. The first-order valence-electron chi connectivity index (χ1n) is 11.7. The van der Waals surface area contributed by atoms with Crippen LogP contribution in [-0.4, -0.2) is 54.2 Å². The van der Waals surface area contributed by atoms with Gasteiger partial charge in [0.05, 0.1) is 0 Å². The summed E-state index contributed by atoms with van der Waals surface area (Å²) in [5, 5.41) is 11.8. The maximum atomic E-state index is 12.4. The number of carbonyl (C=O) groups is 3. The van der Waals surface area contributed by atoms with Crippen LogP contribution in [0.25, 0.3) is 11.1 Å². The molecule has 2 N–H and O–H groups in total. The summed E-state index contributed by atoms with van der Waals surface area (Å²) in [7, 11) is 0. The maximum Gasteiger partial charge on any atom is 0.407 e. The minimum absolute atomic E-state index is 0.00804. The Morgan fingerprint density at radius 1 is 1.09 bits per heavy atom. The summed E-state index contributed by atoms with van der Waals surface area (Å²) in [5.74, 6) is -0.776. The van der Waals surface area contributed by atoms with E-state index in [0.29, 0.717) is 44.5 Å². The smallest absolute Gasteiger partial charge is 0.407 e. The zero-order valence-electron chi connectivity index (χ0n) is 19.3. The van der Waals surface area contributed by atoms with E-state index in [4.69, 9.17) is 9.84 Å². The average molecular weight is 463 g/mol. The second-order valence-corrected chi connectivity index (χ2v) is 8.97. The van der Waals surface area contributed by atoms with Crippen LogP contribution in [0.2, 0.25) is 0 Å². The summed E-state index contributed by atoms with van der Waals surface area (Å²) < 4.78 is 5.56. The van der Waals surface area contributed by atoms with E-state index >= 15 is 0 Å². The molecule has 2 amide bonds. The second kappa shape index (κ2) is 10.5. The molecule has 1 heterocycles. The highest BCUT2D eigenvalue weighted by molar-refractivity contribution is 5.87. The first-order valence-corrected chi connectivity index (χ1v) is 11.7. The molecule has 0 aromatic heterocycles. The number of hydrogen-bond donors (Lipinski definition) is 2. The van der Waals surface area contributed by atoms with Gasteiger partial charge < -0.3 is 20.1 Å². The largest absolute Gasteiger partial charge is 0.478 e. The van der Waals surface area contributed by atoms with E-state index in [-0.39, 0.29) is 24.3 Å². The summed E-state index contributed by atoms with van der Waals surface area (Å²) in [4.78, 5) is 37.4. The van der Waals surface area contributed by atoms with Gasteiger partial charge >= 0.3 is 12.1 Å². The lowest BCUT2D eigenvalue weighted by atomic mass is 9.98. The number of amides is 2. The van der Waals surface area contributed by atoms with Crippen LogP contribution in [0.5, 0.6) is 0 Å². The topological polar surface area (TPSA) is 95.9 Å². The van der Waals surface area contributed by atoms with E-state index in [9.17, 15) is 14.4 Å². The monoisotopic (exact) mass is 462 g/mol. The van der Waals surface area contributed by atoms with Crippen molar-refractivity contribution in [2.75, 3.05) is 26.2 Å². The van der Waals surface area contributed by atoms with Crippen molar-refractivity contribution in [1.29, 1.82) is 0 Å². The molecule has 2 aromatic carbocycles. The van der Waals surface area contributed by atoms with Gasteiger partial charge in [-0.25, -0.2) is 9.59 Å². The number of nitrogens with zero attached hydrogens (tertiary/aromatic N) is 1. The molecule has 4 rings (SSSR count). The quantitative estimate of drug-likeness (QED) is 0.613. The summed E-state index contributed by atoms with van der Waals surface area (Å²) >= 11 is 0. The van der Waals surface area contributed by atoms with Gasteiger partial charge in [0.2, 0.25) is 5.91 Å². The van der Waals surface area contributed by atoms with E-state index in [1.54, 1.807) is 11.0 Å². The van der Waals surface area contributed by atoms with Crippen LogP contribution in [0.3, 0.4) is 0 Å². The summed E-state index contributed by atoms with van der Waals surface area (Å²) in [6, 6.07) is 16.4. The van der Waals surface area contributed by atoms with Gasteiger partial charge in [0.1, 0.15) is 6.61 Å². The average Bonchev–Trinajstić information content (AvgIpc) is 3.18. The van der Waals surface area contributed by atoms with Gasteiger partial charge in [0.15, 0.2) is 0 Å². The first-order chi connectivity index (χ1) is 16.4. The van der Waals surface area contributed by atoms with Crippen LogP contribution in [0.4, 0.5) is 4.79 Å². The number of rotatable bonds is 8. The van der Waals surface area contributed by atoms with Gasteiger partial charge in [-0.2, -0.15) is 0 Å². The van der Waals surface area contributed by atoms with Crippen molar-refractivity contribution in [1.82, 2.24) is 10.2 Å². The normalized spacial score (nSPS) is 15.7. The van der Waals surface area contributed by atoms with Gasteiger partial charge in [-0.05, 0) is 41.0 Å². The molecule has 0 radical (unpaired) electrons. The Morgan fingerprint density at radius 3 is 2.32 bits per heavy atom. The lowest BCUT2D eigenvalue weighted by Gasteiger charge is -2.26. The minimum Gasteiger partial charge on any atom is -0.478 e. The fraction of sp³-hybridized carbons (Fsp3) is 0.370. The number of ether oxygens (including phenoxy) is 1. The number of carboxylic acid groups (broad SMARTS) is 1. The number of carboxylic acids is 1. The molecular weight excluding hydrogens is 432 g/mol. The standard InChI is InChI=1S/C27H30N2O5/c1-18(10-11-25(30)29-14-12-19(13-15-29)26(31)32)16-28-27(33)34-17-24-22-8-4-2-6-20(22)21-7-3-5-9-23(21)24/h2-9,12,18,24H,10-11,13-17H2,1H3,(H,28,33)(H,31,32). The molecule has 2 aromatic rings. The summed E-state index contributed by atoms with van der Waals surface area (Å²) in [6.07, 6.45) is 2.52. The second-order valence-electron chi connectivity index (χ2n) is 8.97. The number of fused-ring (bicyclic) bond motifs is 3. The SMILES string of the molecule is CC(CCC(=O)N1CC=C(C(=O)O)CC1)CNC(=O)OCC1c2ccccc2-c2ccccc21. The Balaban J connectivity index is 1.20. The molecule has 0 fully saturated rings. The summed E-state index contributed by atoms with van der Waals surface area (Å²) in [5.41, 5.74) is 5.09. The highest BCUT2D eigenvalue weighted by Gasteiger charge is 2.29. The molecule has 0 saturated carbocycles. The third-order valence-corrected chi connectivity index (χ3v) is 6.63. The molecule has 34 heavy (non-hydrogen) atoms. The lowest BCUT2D eigenvalue weighted by Crippen LogP contribution is -2.36. The van der Waals surface area contributed by atoms with E-state index in [0.717, 1.165) is 0 Å². The van der Waals surface area contributed by atoms with Gasteiger partial charge in [-0.3, -0.25) is 4.79 Å². The molecule has 0 spiro atoms. The lowest BCUT2D eigenvalue weighted by molar-refractivity contribution is -0.135. The molecule has 1 unspecified atom stereocenters. The number of carbonyl (C=O) groups excluding carboxylic acids is 2. The predicted molar refractivity (Wildman–Crippen MR) is 128 cm³/mol. The zero-order valence-corrected chi connectivity index (χ0v) is 19.3. The predicted octanol–water partition coefficient (Wildman–Crippen LogP) is 4.18. The molecule has 1 aliphatic heterocycles. The number of aliphatic carboxylic acids is 1. The van der Waals surface area contributed by atoms with E-state index < -0.39 is 12.1 Å². The fourth-order valence-corrected chi connectivity index (χ4v) is 4.63. The van der Waals surface area contributed by atoms with Crippen molar-refractivity contribution >= 4 is 18.0 Å². The van der Waals surface area contributed by atoms with Crippen molar-refractivity contribution < 1.29 is 24.2 Å². The Morgan fingerprint density at radius 2 is 1.74 bits per heavy atom. The minimum atomic E-state index is -0.917. The van der Waals surface area contributed by atoms with Crippen LogP contribution in [0, 0.1) is 5.92 Å². The first kappa shape index (κ1) is 23.5. The van der Waals surface area contributed by atoms with Crippen LogP contribution < -0.4 is 5.32 Å². The Labute approximate surface area is 199 Å². The number of benzene rings is 2. The van der Waals surface area contributed by atoms with Crippen molar-refractivity contribution in [3.05, 3.63) is 71.3 Å². The van der Waals surface area contributed by atoms with Crippen molar-refractivity contribution in [2.45, 2.75) is 32.1 Å². The number of alkyl carbamates (subject to hydrolysis) is 1. The highest BCUT2D eigenvalue weighted by atomic mass is 16.5. The van der Waals surface area contributed by atoms with Gasteiger partial charge in [-0.1, -0.05) is 61.5 Å². The molecule has 1 aliphatic carbocycles. The molecule has 7 heteroatoms. The van der Waals surface area contributed by atoms with Crippen molar-refractivity contribution in [3.63, 3.8) is 0 Å². The highest BCUT2D eigenvalue weighted by Crippen LogP contribution is 2.44. The van der Waals surface area contributed by atoms with Gasteiger partial charge in [0, 0.05) is 37.5 Å². The van der Waals surface area contributed by atoms with Crippen LogP contribution in [0.15, 0.2) is 60.2 Å². The van der Waals surface area contributed by atoms with Crippen molar-refractivity contribution in [3.8, 4) is 11.1 Å². The Bertz CT molecular complexity index is 1060. The number of hydrogen-bond acceptors (Lipinski definition) is 4. The molecule has 2 aliphatic rings. The maximum absolute atomic E-state index is 12.4. The zero-order chi connectivity index (χ0) is 24.1. The molecule has 178 valence electrons. The number of nitrogens with one attached hydrogen (secondary N) is 1. The van der Waals surface area contributed by atoms with E-state index in [1.807, 2.05) is 31.2 Å². The van der Waals surface area contributed by atoms with Crippen LogP contribution in [0.1, 0.15) is 43.2 Å². The van der Waals surface area contributed by atoms with Crippen LogP contribution in [-0.2, 0) is 14.3 Å². The van der Waals surface area contributed by atoms with Crippen LogP contribution >= 0.6 is 0 Å². The molecule has 7 nitrogen and oxygen atoms in total. The third kappa shape index (κ3) is 5.30. The van der Waals surface area contributed by atoms with E-state index in [1.165, 1.54) is 22.3 Å². The van der Waals surface area contributed by atoms with Crippen molar-refractivity contribution in [2.24, 2.45) is 5.92 Å². The molecular formula is C27H30N2O5. The van der Waals surface area contributed by atoms with Gasteiger partial charge in [0.25, 0.3) is 0 Å². The van der Waals surface area contributed by atoms with E-state index in [2.05, 4.69) is 29.6 Å². The molecule has 0 saturated heterocycles. The third-order valence-electron chi connectivity index (χ3n) is 6.63. The Kier molecular flexibility index (Phi) is 7.30. The fourth-order valence-electron chi connectivity index (χ4n) is 4.63. The summed E-state index contributed by atoms with van der Waals surface area (Å²) in [6.45, 7) is 3.45. The molecule has 0 bridgehead atoms.